The van der Waals surface area contributed by atoms with Crippen molar-refractivity contribution in [2.75, 3.05) is 26.2 Å². The number of likely N-dealkylation sites (tertiary alicyclic amines) is 1. The zero-order valence-corrected chi connectivity index (χ0v) is 18.3. The third-order valence-corrected chi connectivity index (χ3v) is 5.55. The quantitative estimate of drug-likeness (QED) is 0.387. The van der Waals surface area contributed by atoms with Gasteiger partial charge in [0, 0.05) is 37.5 Å². The fraction of sp³-hybridized carbons (Fsp3) is 0.667. The molecule has 1 saturated heterocycles. The van der Waals surface area contributed by atoms with E-state index in [1.54, 1.807) is 12.1 Å². The molecule has 0 saturated carbocycles. The maximum Gasteiger partial charge on any atom is 0.220 e. The van der Waals surface area contributed by atoms with Crippen LogP contribution in [0.2, 0.25) is 0 Å². The highest BCUT2D eigenvalue weighted by Gasteiger charge is 2.20. The van der Waals surface area contributed by atoms with Crippen molar-refractivity contribution in [3.63, 3.8) is 0 Å². The molecule has 1 aromatic carbocycles. The van der Waals surface area contributed by atoms with Gasteiger partial charge in [-0.3, -0.25) is 9.59 Å². The summed E-state index contributed by atoms with van der Waals surface area (Å²) in [7, 11) is 0. The Morgan fingerprint density at radius 1 is 1.00 bits per heavy atom. The van der Waals surface area contributed by atoms with E-state index in [-0.39, 0.29) is 30.6 Å². The van der Waals surface area contributed by atoms with E-state index in [4.69, 9.17) is 4.74 Å². The highest BCUT2D eigenvalue weighted by molar-refractivity contribution is 5.98. The highest BCUT2D eigenvalue weighted by atomic mass is 16.5. The molecule has 29 heavy (non-hydrogen) atoms. The molecule has 162 valence electrons. The van der Waals surface area contributed by atoms with Gasteiger partial charge in [0.15, 0.2) is 5.78 Å². The van der Waals surface area contributed by atoms with E-state index in [1.807, 2.05) is 12.1 Å². The van der Waals surface area contributed by atoms with E-state index in [9.17, 15) is 9.59 Å². The molecule has 0 radical (unpaired) electrons. The van der Waals surface area contributed by atoms with E-state index < -0.39 is 0 Å². The first-order valence-electron chi connectivity index (χ1n) is 11.4. The van der Waals surface area contributed by atoms with Crippen LogP contribution in [0.15, 0.2) is 24.3 Å². The van der Waals surface area contributed by atoms with Gasteiger partial charge in [0.2, 0.25) is 5.91 Å². The second kappa shape index (κ2) is 13.4. The molecule has 1 N–H and O–H groups in total. The molecular formula is C24H38N2O3. The van der Waals surface area contributed by atoms with Gasteiger partial charge in [-0.2, -0.15) is 0 Å². The van der Waals surface area contributed by atoms with Crippen molar-refractivity contribution >= 4 is 11.7 Å². The molecule has 0 atom stereocenters. The van der Waals surface area contributed by atoms with Gasteiger partial charge in [0.1, 0.15) is 5.75 Å². The molecule has 0 aliphatic carbocycles. The maximum absolute atomic E-state index is 12.4. The first-order chi connectivity index (χ1) is 14.1. The number of piperidine rings is 1. The molecule has 1 aliphatic rings. The smallest absolute Gasteiger partial charge is 0.220 e. The van der Waals surface area contributed by atoms with E-state index >= 15 is 0 Å². The number of benzene rings is 1. The summed E-state index contributed by atoms with van der Waals surface area (Å²) in [6, 6.07) is 7.51. The largest absolute Gasteiger partial charge is 0.494 e. The Hall–Kier alpha value is -1.88. The Morgan fingerprint density at radius 2 is 1.69 bits per heavy atom. The molecule has 0 unspecified atom stereocenters. The van der Waals surface area contributed by atoms with Crippen LogP contribution in [0.5, 0.6) is 5.75 Å². The molecule has 1 aliphatic heterocycles. The predicted molar refractivity (Wildman–Crippen MR) is 118 cm³/mol. The topological polar surface area (TPSA) is 58.6 Å². The van der Waals surface area contributed by atoms with Crippen LogP contribution in [0.25, 0.3) is 0 Å². The number of carbonyl (C=O) groups excluding carboxylic acids is 2. The zero-order chi connectivity index (χ0) is 20.9. The van der Waals surface area contributed by atoms with Crippen LogP contribution < -0.4 is 10.1 Å². The van der Waals surface area contributed by atoms with Crippen LogP contribution in [-0.4, -0.2) is 48.9 Å². The van der Waals surface area contributed by atoms with Gasteiger partial charge in [-0.25, -0.2) is 0 Å². The lowest BCUT2D eigenvalue weighted by Gasteiger charge is -2.32. The number of nitrogens with one attached hydrogen (secondary N) is 1. The minimum atomic E-state index is -0.0127. The monoisotopic (exact) mass is 402 g/mol. The van der Waals surface area contributed by atoms with E-state index in [1.165, 1.54) is 19.3 Å². The van der Waals surface area contributed by atoms with Crippen LogP contribution >= 0.6 is 0 Å². The molecular weight excluding hydrogens is 364 g/mol. The number of hydrogen-bond donors (Lipinski definition) is 1. The SMILES string of the molecule is CCCCCOc1ccc(C(=O)CCC(=O)NC2CCN(CCCC)CC2)cc1. The number of carbonyl (C=O) groups is 2. The third-order valence-electron chi connectivity index (χ3n) is 5.55. The van der Waals surface area contributed by atoms with Gasteiger partial charge in [0.05, 0.1) is 6.61 Å². The first kappa shape index (κ1) is 23.4. The van der Waals surface area contributed by atoms with Crippen molar-refractivity contribution in [1.29, 1.82) is 0 Å². The Balaban J connectivity index is 1.65. The van der Waals surface area contributed by atoms with Crippen LogP contribution in [0.4, 0.5) is 0 Å². The number of hydrogen-bond acceptors (Lipinski definition) is 4. The minimum absolute atomic E-state index is 0.00654. The molecule has 1 heterocycles. The molecule has 2 rings (SSSR count). The van der Waals surface area contributed by atoms with Crippen molar-refractivity contribution in [3.8, 4) is 5.75 Å². The number of amides is 1. The van der Waals surface area contributed by atoms with Gasteiger partial charge < -0.3 is 15.0 Å². The van der Waals surface area contributed by atoms with E-state index in [0.717, 1.165) is 51.1 Å². The van der Waals surface area contributed by atoms with Gasteiger partial charge >= 0.3 is 0 Å². The molecule has 0 spiro atoms. The molecule has 5 nitrogen and oxygen atoms in total. The maximum atomic E-state index is 12.4. The van der Waals surface area contributed by atoms with Crippen molar-refractivity contribution in [1.82, 2.24) is 10.2 Å². The lowest BCUT2D eigenvalue weighted by molar-refractivity contribution is -0.122. The number of Topliss-reactive ketones (excluding diaryl/α,β-unsaturated/α-hetero) is 1. The van der Waals surface area contributed by atoms with Gasteiger partial charge in [-0.05, 0) is 56.5 Å². The van der Waals surface area contributed by atoms with Crippen molar-refractivity contribution in [2.24, 2.45) is 0 Å². The summed E-state index contributed by atoms with van der Waals surface area (Å²) in [6.45, 7) is 8.35. The average molecular weight is 403 g/mol. The summed E-state index contributed by atoms with van der Waals surface area (Å²) < 4.78 is 5.68. The summed E-state index contributed by atoms with van der Waals surface area (Å²) >= 11 is 0. The summed E-state index contributed by atoms with van der Waals surface area (Å²) in [6.07, 6.45) is 8.35. The molecule has 1 fully saturated rings. The lowest BCUT2D eigenvalue weighted by atomic mass is 10.0. The molecule has 0 bridgehead atoms. The van der Waals surface area contributed by atoms with E-state index in [0.29, 0.717) is 12.2 Å². The third kappa shape index (κ3) is 8.99. The second-order valence-electron chi connectivity index (χ2n) is 8.04. The zero-order valence-electron chi connectivity index (χ0n) is 18.3. The van der Waals surface area contributed by atoms with Crippen molar-refractivity contribution < 1.29 is 14.3 Å². The Bertz CT molecular complexity index is 607. The van der Waals surface area contributed by atoms with Crippen LogP contribution in [0, 0.1) is 0 Å². The standard InChI is InChI=1S/C24H38N2O3/c1-3-5-7-19-29-22-10-8-20(9-11-22)23(27)12-13-24(28)25-21-14-17-26(18-15-21)16-6-4-2/h8-11,21H,3-7,12-19H2,1-2H3,(H,25,28). The number of unbranched alkanes of at least 4 members (excludes halogenated alkanes) is 3. The lowest BCUT2D eigenvalue weighted by Crippen LogP contribution is -2.44. The molecule has 1 amide bonds. The Kier molecular flexibility index (Phi) is 10.8. The predicted octanol–water partition coefficient (Wildman–Crippen LogP) is 4.60. The first-order valence-corrected chi connectivity index (χ1v) is 11.4. The summed E-state index contributed by atoms with van der Waals surface area (Å²) in [4.78, 5) is 27.1. The van der Waals surface area contributed by atoms with Crippen LogP contribution in [-0.2, 0) is 4.79 Å². The average Bonchev–Trinajstić information content (AvgIpc) is 2.75. The minimum Gasteiger partial charge on any atom is -0.494 e. The van der Waals surface area contributed by atoms with Gasteiger partial charge in [-0.1, -0.05) is 33.1 Å². The summed E-state index contributed by atoms with van der Waals surface area (Å²) in [5.74, 6) is 0.786. The van der Waals surface area contributed by atoms with Gasteiger partial charge in [0.25, 0.3) is 0 Å². The second-order valence-corrected chi connectivity index (χ2v) is 8.04. The molecule has 0 aromatic heterocycles. The normalized spacial score (nSPS) is 15.2. The summed E-state index contributed by atoms with van der Waals surface area (Å²) in [5.41, 5.74) is 0.642. The highest BCUT2D eigenvalue weighted by Crippen LogP contribution is 2.15. The number of ketones is 1. The van der Waals surface area contributed by atoms with Crippen molar-refractivity contribution in [3.05, 3.63) is 29.8 Å². The van der Waals surface area contributed by atoms with Gasteiger partial charge in [-0.15, -0.1) is 0 Å². The number of rotatable bonds is 13. The molecule has 5 heteroatoms. The van der Waals surface area contributed by atoms with E-state index in [2.05, 4.69) is 24.1 Å². The number of ether oxygens (including phenoxy) is 1. The molecule has 1 aromatic rings. The Labute approximate surface area is 176 Å². The number of nitrogens with zero attached hydrogens (tertiary/aromatic N) is 1. The van der Waals surface area contributed by atoms with Crippen LogP contribution in [0.1, 0.15) is 82.0 Å². The van der Waals surface area contributed by atoms with Crippen molar-refractivity contribution in [2.45, 2.75) is 77.7 Å². The fourth-order valence-electron chi connectivity index (χ4n) is 3.63. The van der Waals surface area contributed by atoms with Crippen LogP contribution in [0.3, 0.4) is 0 Å². The Morgan fingerprint density at radius 3 is 2.34 bits per heavy atom. The fourth-order valence-corrected chi connectivity index (χ4v) is 3.63. The summed E-state index contributed by atoms with van der Waals surface area (Å²) in [5, 5.41) is 3.11.